The van der Waals surface area contributed by atoms with Crippen molar-refractivity contribution < 1.29 is 5.11 Å². The normalized spacial score (nSPS) is 22.0. The van der Waals surface area contributed by atoms with E-state index in [9.17, 15) is 5.11 Å². The van der Waals surface area contributed by atoms with Gasteiger partial charge in [0.2, 0.25) is 0 Å². The SMILES string of the molecule is Cc1cccc2c3c4n(c12)C[C@@H](O)CN=C4CCC3. The molecule has 2 heterocycles. The summed E-state index contributed by atoms with van der Waals surface area (Å²) in [7, 11) is 0. The van der Waals surface area contributed by atoms with Crippen molar-refractivity contribution in [2.45, 2.75) is 38.8 Å². The van der Waals surface area contributed by atoms with E-state index in [1.807, 2.05) is 0 Å². The standard InChI is InChI=1S/C16H18N2O/c1-10-4-2-5-12-13-6-3-7-14-16(13)18(15(10)12)9-11(19)8-17-14/h2,4-5,11,19H,3,6-9H2,1H3/t11-/m0/s1. The van der Waals surface area contributed by atoms with Crippen molar-refractivity contribution in [2.75, 3.05) is 6.54 Å². The molecule has 3 nitrogen and oxygen atoms in total. The molecule has 3 heteroatoms. The molecule has 0 bridgehead atoms. The Labute approximate surface area is 112 Å². The number of nitrogens with zero attached hydrogens (tertiary/aromatic N) is 2. The first-order valence-electron chi connectivity index (χ1n) is 7.08. The summed E-state index contributed by atoms with van der Waals surface area (Å²) in [6, 6.07) is 6.51. The lowest BCUT2D eigenvalue weighted by atomic mass is 9.93. The Balaban J connectivity index is 2.14. The van der Waals surface area contributed by atoms with Crippen LogP contribution in [-0.2, 0) is 13.0 Å². The van der Waals surface area contributed by atoms with Gasteiger partial charge in [-0.3, -0.25) is 4.99 Å². The van der Waals surface area contributed by atoms with Gasteiger partial charge in [-0.1, -0.05) is 18.2 Å². The molecule has 4 rings (SSSR count). The number of benzene rings is 1. The molecule has 2 aliphatic rings. The molecular weight excluding hydrogens is 236 g/mol. The summed E-state index contributed by atoms with van der Waals surface area (Å²) in [4.78, 5) is 4.65. The molecule has 0 spiro atoms. The number of hydrogen-bond acceptors (Lipinski definition) is 2. The van der Waals surface area contributed by atoms with Crippen LogP contribution in [0.1, 0.15) is 29.7 Å². The van der Waals surface area contributed by atoms with Gasteiger partial charge in [-0.05, 0) is 37.3 Å². The minimum Gasteiger partial charge on any atom is -0.389 e. The highest BCUT2D eigenvalue weighted by molar-refractivity contribution is 6.07. The largest absolute Gasteiger partial charge is 0.389 e. The zero-order chi connectivity index (χ0) is 13.0. The average molecular weight is 254 g/mol. The Morgan fingerprint density at radius 1 is 1.32 bits per heavy atom. The highest BCUT2D eigenvalue weighted by Crippen LogP contribution is 2.35. The lowest BCUT2D eigenvalue weighted by Gasteiger charge is -2.16. The maximum Gasteiger partial charge on any atom is 0.0914 e. The van der Waals surface area contributed by atoms with Gasteiger partial charge in [0.1, 0.15) is 0 Å². The van der Waals surface area contributed by atoms with Gasteiger partial charge in [0.25, 0.3) is 0 Å². The average Bonchev–Trinajstić information content (AvgIpc) is 2.62. The van der Waals surface area contributed by atoms with Crippen LogP contribution in [0.2, 0.25) is 0 Å². The maximum absolute atomic E-state index is 10.1. The van der Waals surface area contributed by atoms with Gasteiger partial charge in [-0.15, -0.1) is 0 Å². The van der Waals surface area contributed by atoms with Crippen LogP contribution in [0.4, 0.5) is 0 Å². The number of hydrogen-bond donors (Lipinski definition) is 1. The van der Waals surface area contributed by atoms with Crippen LogP contribution in [0.3, 0.4) is 0 Å². The van der Waals surface area contributed by atoms with E-state index in [2.05, 4.69) is 34.7 Å². The lowest BCUT2D eigenvalue weighted by molar-refractivity contribution is 0.166. The molecule has 0 radical (unpaired) electrons. The van der Waals surface area contributed by atoms with E-state index in [0.29, 0.717) is 13.1 Å². The third kappa shape index (κ3) is 1.51. The monoisotopic (exact) mass is 254 g/mol. The number of fused-ring (bicyclic) bond motifs is 3. The first-order chi connectivity index (χ1) is 9.25. The molecule has 1 N–H and O–H groups in total. The van der Waals surface area contributed by atoms with Crippen LogP contribution in [-0.4, -0.2) is 28.0 Å². The van der Waals surface area contributed by atoms with Crippen LogP contribution >= 0.6 is 0 Å². The second kappa shape index (κ2) is 3.94. The molecule has 2 aromatic rings. The summed E-state index contributed by atoms with van der Waals surface area (Å²) < 4.78 is 2.32. The van der Waals surface area contributed by atoms with E-state index in [1.165, 1.54) is 39.9 Å². The van der Waals surface area contributed by atoms with Crippen molar-refractivity contribution in [1.82, 2.24) is 4.57 Å². The minimum absolute atomic E-state index is 0.364. The van der Waals surface area contributed by atoms with Gasteiger partial charge < -0.3 is 9.67 Å². The highest BCUT2D eigenvalue weighted by Gasteiger charge is 2.27. The predicted molar refractivity (Wildman–Crippen MR) is 77.0 cm³/mol. The molecular formula is C16H18N2O. The number of aliphatic imine (C=N–C) groups is 1. The zero-order valence-corrected chi connectivity index (χ0v) is 11.2. The van der Waals surface area contributed by atoms with Crippen molar-refractivity contribution >= 4 is 16.6 Å². The molecule has 98 valence electrons. The Bertz CT molecular complexity index is 696. The number of para-hydroxylation sites is 1. The van der Waals surface area contributed by atoms with Crippen LogP contribution in [0, 0.1) is 6.92 Å². The van der Waals surface area contributed by atoms with Gasteiger partial charge in [-0.2, -0.15) is 0 Å². The van der Waals surface area contributed by atoms with E-state index in [-0.39, 0.29) is 6.10 Å². The van der Waals surface area contributed by atoms with Crippen molar-refractivity contribution in [3.05, 3.63) is 35.0 Å². The Kier molecular flexibility index (Phi) is 2.33. The molecule has 0 fully saturated rings. The van der Waals surface area contributed by atoms with Gasteiger partial charge >= 0.3 is 0 Å². The number of aliphatic hydroxyl groups excluding tert-OH is 1. The second-order valence-electron chi connectivity index (χ2n) is 5.70. The van der Waals surface area contributed by atoms with E-state index in [0.717, 1.165) is 12.8 Å². The smallest absolute Gasteiger partial charge is 0.0914 e. The molecule has 0 amide bonds. The summed E-state index contributed by atoms with van der Waals surface area (Å²) in [5, 5.41) is 11.5. The van der Waals surface area contributed by atoms with E-state index in [4.69, 9.17) is 0 Å². The van der Waals surface area contributed by atoms with Gasteiger partial charge in [-0.25, -0.2) is 0 Å². The third-order valence-corrected chi connectivity index (χ3v) is 4.39. The summed E-state index contributed by atoms with van der Waals surface area (Å²) in [5.74, 6) is 0. The van der Waals surface area contributed by atoms with Crippen molar-refractivity contribution in [1.29, 1.82) is 0 Å². The van der Waals surface area contributed by atoms with Crippen LogP contribution in [0.15, 0.2) is 23.2 Å². The predicted octanol–water partition coefficient (Wildman–Crippen LogP) is 2.45. The first-order valence-corrected chi connectivity index (χ1v) is 7.08. The molecule has 0 unspecified atom stereocenters. The molecule has 0 saturated carbocycles. The van der Waals surface area contributed by atoms with Crippen LogP contribution in [0.5, 0.6) is 0 Å². The fourth-order valence-corrected chi connectivity index (χ4v) is 3.62. The summed E-state index contributed by atoms with van der Waals surface area (Å²) in [6.45, 7) is 3.37. The van der Waals surface area contributed by atoms with E-state index >= 15 is 0 Å². The molecule has 0 saturated heterocycles. The molecule has 1 aromatic heterocycles. The zero-order valence-electron chi connectivity index (χ0n) is 11.2. The Morgan fingerprint density at radius 2 is 2.21 bits per heavy atom. The minimum atomic E-state index is -0.364. The number of aryl methyl sites for hydroxylation is 2. The lowest BCUT2D eigenvalue weighted by Crippen LogP contribution is -2.19. The van der Waals surface area contributed by atoms with Crippen molar-refractivity contribution in [3.63, 3.8) is 0 Å². The summed E-state index contributed by atoms with van der Waals surface area (Å²) >= 11 is 0. The molecule has 1 aromatic carbocycles. The number of aromatic nitrogens is 1. The van der Waals surface area contributed by atoms with E-state index in [1.54, 1.807) is 0 Å². The summed E-state index contributed by atoms with van der Waals surface area (Å²) in [5.41, 5.74) is 6.53. The molecule has 19 heavy (non-hydrogen) atoms. The van der Waals surface area contributed by atoms with E-state index < -0.39 is 0 Å². The van der Waals surface area contributed by atoms with Gasteiger partial charge in [0, 0.05) is 5.39 Å². The molecule has 1 aliphatic carbocycles. The first kappa shape index (κ1) is 11.2. The molecule has 1 atom stereocenters. The van der Waals surface area contributed by atoms with Crippen molar-refractivity contribution in [3.8, 4) is 0 Å². The third-order valence-electron chi connectivity index (χ3n) is 4.39. The summed E-state index contributed by atoms with van der Waals surface area (Å²) in [6.07, 6.45) is 3.00. The van der Waals surface area contributed by atoms with Gasteiger partial charge in [0.15, 0.2) is 0 Å². The van der Waals surface area contributed by atoms with Crippen LogP contribution in [0.25, 0.3) is 10.9 Å². The Morgan fingerprint density at radius 3 is 3.11 bits per heavy atom. The highest BCUT2D eigenvalue weighted by atomic mass is 16.3. The van der Waals surface area contributed by atoms with Crippen LogP contribution < -0.4 is 0 Å². The maximum atomic E-state index is 10.1. The second-order valence-corrected chi connectivity index (χ2v) is 5.70. The fourth-order valence-electron chi connectivity index (χ4n) is 3.62. The van der Waals surface area contributed by atoms with Crippen molar-refractivity contribution in [2.24, 2.45) is 4.99 Å². The quantitative estimate of drug-likeness (QED) is 0.770. The molecule has 1 aliphatic heterocycles. The fraction of sp³-hybridized carbons (Fsp3) is 0.438. The number of rotatable bonds is 0. The van der Waals surface area contributed by atoms with Gasteiger partial charge in [0.05, 0.1) is 36.1 Å². The topological polar surface area (TPSA) is 37.5 Å². The Hall–Kier alpha value is -1.61. The number of aliphatic hydroxyl groups is 1.